The van der Waals surface area contributed by atoms with Crippen LogP contribution in [-0.4, -0.2) is 23.4 Å². The van der Waals surface area contributed by atoms with Gasteiger partial charge in [-0.15, -0.1) is 11.6 Å². The predicted octanol–water partition coefficient (Wildman–Crippen LogP) is 3.98. The molecule has 2 rings (SSSR count). The summed E-state index contributed by atoms with van der Waals surface area (Å²) in [5, 5.41) is 0. The number of rotatable bonds is 5. The Kier molecular flexibility index (Phi) is 4.87. The molecule has 1 heterocycles. The zero-order chi connectivity index (χ0) is 12.1. The molecule has 2 heteroatoms. The molecule has 17 heavy (non-hydrogen) atoms. The number of aryl methyl sites for hydroxylation is 1. The monoisotopic (exact) mass is 251 g/mol. The average Bonchev–Trinajstić information content (AvgIpc) is 2.77. The third-order valence-electron chi connectivity index (χ3n) is 3.80. The molecule has 0 bridgehead atoms. The zero-order valence-corrected chi connectivity index (χ0v) is 11.4. The first-order valence-corrected chi connectivity index (χ1v) is 7.19. The summed E-state index contributed by atoms with van der Waals surface area (Å²) in [6, 6.07) is 9.49. The summed E-state index contributed by atoms with van der Waals surface area (Å²) in [5.41, 5.74) is 2.89. The minimum Gasteiger partial charge on any atom is -0.296 e. The molecule has 1 aromatic carbocycles. The van der Waals surface area contributed by atoms with E-state index in [1.54, 1.807) is 0 Å². The van der Waals surface area contributed by atoms with E-state index in [0.717, 1.165) is 24.9 Å². The highest BCUT2D eigenvalue weighted by Crippen LogP contribution is 2.24. The first kappa shape index (κ1) is 12.9. The van der Waals surface area contributed by atoms with Gasteiger partial charge in [0.05, 0.1) is 0 Å². The first-order valence-electron chi connectivity index (χ1n) is 6.66. The number of halogens is 1. The van der Waals surface area contributed by atoms with E-state index in [1.807, 2.05) is 0 Å². The number of likely N-dealkylation sites (tertiary alicyclic amines) is 1. The molecule has 1 nitrogen and oxygen atoms in total. The fraction of sp³-hybridized carbons (Fsp3) is 0.600. The second-order valence-electron chi connectivity index (χ2n) is 5.02. The summed E-state index contributed by atoms with van der Waals surface area (Å²) in [6.45, 7) is 4.57. The van der Waals surface area contributed by atoms with Gasteiger partial charge >= 0.3 is 0 Å². The largest absolute Gasteiger partial charge is 0.296 e. The maximum atomic E-state index is 5.79. The summed E-state index contributed by atoms with van der Waals surface area (Å²) < 4.78 is 0. The summed E-state index contributed by atoms with van der Waals surface area (Å²) in [7, 11) is 0. The standard InChI is InChI=1S/C15H22ClN/c1-13-6-2-3-7-14(13)12-17-11-5-9-15(17)8-4-10-16/h2-3,6-7,15H,4-5,8-12H2,1H3. The molecule has 0 aliphatic carbocycles. The van der Waals surface area contributed by atoms with Gasteiger partial charge in [-0.25, -0.2) is 0 Å². The molecular formula is C15H22ClN. The van der Waals surface area contributed by atoms with Gasteiger partial charge in [-0.05, 0) is 50.3 Å². The van der Waals surface area contributed by atoms with Crippen molar-refractivity contribution in [3.05, 3.63) is 35.4 Å². The summed E-state index contributed by atoms with van der Waals surface area (Å²) in [5.74, 6) is 0.800. The van der Waals surface area contributed by atoms with Crippen molar-refractivity contribution in [3.63, 3.8) is 0 Å². The topological polar surface area (TPSA) is 3.24 Å². The van der Waals surface area contributed by atoms with Crippen molar-refractivity contribution in [3.8, 4) is 0 Å². The van der Waals surface area contributed by atoms with Gasteiger partial charge in [0.1, 0.15) is 0 Å². The molecule has 1 aromatic rings. The lowest BCUT2D eigenvalue weighted by atomic mass is 10.1. The number of hydrogen-bond donors (Lipinski definition) is 0. The van der Waals surface area contributed by atoms with E-state index in [0.29, 0.717) is 0 Å². The van der Waals surface area contributed by atoms with Crippen LogP contribution in [0.3, 0.4) is 0 Å². The van der Waals surface area contributed by atoms with Crippen LogP contribution in [0.25, 0.3) is 0 Å². The van der Waals surface area contributed by atoms with Gasteiger partial charge in [0.25, 0.3) is 0 Å². The molecule has 1 saturated heterocycles. The highest BCUT2D eigenvalue weighted by molar-refractivity contribution is 6.17. The fourth-order valence-corrected chi connectivity index (χ4v) is 2.90. The molecule has 0 amide bonds. The number of alkyl halides is 1. The van der Waals surface area contributed by atoms with Gasteiger partial charge in [-0.1, -0.05) is 24.3 Å². The normalized spacial score (nSPS) is 20.9. The summed E-state index contributed by atoms with van der Waals surface area (Å²) in [6.07, 6.45) is 5.10. The van der Waals surface area contributed by atoms with Crippen LogP contribution in [0.2, 0.25) is 0 Å². The Morgan fingerprint density at radius 2 is 2.18 bits per heavy atom. The van der Waals surface area contributed by atoms with E-state index >= 15 is 0 Å². The van der Waals surface area contributed by atoms with Crippen LogP contribution >= 0.6 is 11.6 Å². The Balaban J connectivity index is 1.95. The molecule has 1 aliphatic heterocycles. The molecule has 1 unspecified atom stereocenters. The predicted molar refractivity (Wildman–Crippen MR) is 74.6 cm³/mol. The zero-order valence-electron chi connectivity index (χ0n) is 10.7. The number of benzene rings is 1. The van der Waals surface area contributed by atoms with Gasteiger partial charge in [0.2, 0.25) is 0 Å². The molecule has 0 radical (unpaired) electrons. The van der Waals surface area contributed by atoms with E-state index in [1.165, 1.54) is 36.9 Å². The van der Waals surface area contributed by atoms with E-state index in [4.69, 9.17) is 11.6 Å². The SMILES string of the molecule is Cc1ccccc1CN1CCCC1CCCCl. The van der Waals surface area contributed by atoms with Crippen LogP contribution in [-0.2, 0) is 6.54 Å². The van der Waals surface area contributed by atoms with Crippen LogP contribution in [0.4, 0.5) is 0 Å². The number of hydrogen-bond acceptors (Lipinski definition) is 1. The van der Waals surface area contributed by atoms with E-state index < -0.39 is 0 Å². The van der Waals surface area contributed by atoms with Crippen LogP contribution in [0.1, 0.15) is 36.8 Å². The van der Waals surface area contributed by atoms with Crippen LogP contribution in [0.5, 0.6) is 0 Å². The van der Waals surface area contributed by atoms with Crippen molar-refractivity contribution < 1.29 is 0 Å². The van der Waals surface area contributed by atoms with Gasteiger partial charge in [0.15, 0.2) is 0 Å². The van der Waals surface area contributed by atoms with E-state index in [-0.39, 0.29) is 0 Å². The van der Waals surface area contributed by atoms with Crippen molar-refractivity contribution in [1.29, 1.82) is 0 Å². The van der Waals surface area contributed by atoms with Gasteiger partial charge in [-0.3, -0.25) is 4.90 Å². The molecular weight excluding hydrogens is 230 g/mol. The smallest absolute Gasteiger partial charge is 0.0239 e. The molecule has 0 saturated carbocycles. The van der Waals surface area contributed by atoms with Crippen LogP contribution in [0.15, 0.2) is 24.3 Å². The second-order valence-corrected chi connectivity index (χ2v) is 5.40. The minimum absolute atomic E-state index is 0.758. The Morgan fingerprint density at radius 1 is 1.35 bits per heavy atom. The lowest BCUT2D eigenvalue weighted by molar-refractivity contribution is 0.233. The third kappa shape index (κ3) is 3.46. The van der Waals surface area contributed by atoms with Gasteiger partial charge < -0.3 is 0 Å². The van der Waals surface area contributed by atoms with Crippen LogP contribution in [0, 0.1) is 6.92 Å². The van der Waals surface area contributed by atoms with Gasteiger partial charge in [-0.2, -0.15) is 0 Å². The third-order valence-corrected chi connectivity index (χ3v) is 4.07. The van der Waals surface area contributed by atoms with Crippen molar-refractivity contribution in [1.82, 2.24) is 4.90 Å². The summed E-state index contributed by atoms with van der Waals surface area (Å²) in [4.78, 5) is 2.63. The highest BCUT2D eigenvalue weighted by atomic mass is 35.5. The average molecular weight is 252 g/mol. The minimum atomic E-state index is 0.758. The van der Waals surface area contributed by atoms with Crippen molar-refractivity contribution in [2.24, 2.45) is 0 Å². The van der Waals surface area contributed by atoms with Gasteiger partial charge in [0, 0.05) is 18.5 Å². The second kappa shape index (κ2) is 6.42. The maximum absolute atomic E-state index is 5.79. The van der Waals surface area contributed by atoms with Crippen LogP contribution < -0.4 is 0 Å². The molecule has 0 N–H and O–H groups in total. The fourth-order valence-electron chi connectivity index (χ4n) is 2.75. The van der Waals surface area contributed by atoms with E-state index in [9.17, 15) is 0 Å². The van der Waals surface area contributed by atoms with Crippen molar-refractivity contribution >= 4 is 11.6 Å². The molecule has 1 atom stereocenters. The first-order chi connectivity index (χ1) is 8.31. The maximum Gasteiger partial charge on any atom is 0.0239 e. The molecule has 0 aromatic heterocycles. The highest BCUT2D eigenvalue weighted by Gasteiger charge is 2.23. The molecule has 1 fully saturated rings. The lowest BCUT2D eigenvalue weighted by Crippen LogP contribution is -2.29. The number of nitrogens with zero attached hydrogens (tertiary/aromatic N) is 1. The lowest BCUT2D eigenvalue weighted by Gasteiger charge is -2.25. The molecule has 1 aliphatic rings. The molecule has 94 valence electrons. The molecule has 0 spiro atoms. The Morgan fingerprint density at radius 3 is 2.94 bits per heavy atom. The Hall–Kier alpha value is -0.530. The quantitative estimate of drug-likeness (QED) is 0.716. The van der Waals surface area contributed by atoms with Crippen molar-refractivity contribution in [2.45, 2.75) is 45.2 Å². The Bertz CT molecular complexity index is 351. The van der Waals surface area contributed by atoms with E-state index in [2.05, 4.69) is 36.1 Å². The van der Waals surface area contributed by atoms with Crippen molar-refractivity contribution in [2.75, 3.05) is 12.4 Å². The Labute approximate surface area is 110 Å². The summed E-state index contributed by atoms with van der Waals surface area (Å²) >= 11 is 5.79.